The zero-order chi connectivity index (χ0) is 21.0. The highest BCUT2D eigenvalue weighted by Crippen LogP contribution is 2.27. The van der Waals surface area contributed by atoms with Gasteiger partial charge in [0.1, 0.15) is 18.2 Å². The topological polar surface area (TPSA) is 48.4 Å². The molecule has 0 spiro atoms. The summed E-state index contributed by atoms with van der Waals surface area (Å²) in [6, 6.07) is 13.2. The third-order valence-corrected chi connectivity index (χ3v) is 4.80. The quantitative estimate of drug-likeness (QED) is 0.461. The molecular formula is C22H18Cl2FNO3. The number of halogens is 3. The number of rotatable bonds is 6. The lowest BCUT2D eigenvalue weighted by Crippen LogP contribution is -2.09. The van der Waals surface area contributed by atoms with E-state index in [1.807, 2.05) is 12.1 Å². The highest BCUT2D eigenvalue weighted by Gasteiger charge is 2.14. The second-order valence-electron chi connectivity index (χ2n) is 6.41. The second-order valence-corrected chi connectivity index (χ2v) is 7.29. The third kappa shape index (κ3) is 5.25. The van der Waals surface area contributed by atoms with E-state index in [-0.39, 0.29) is 12.3 Å². The number of hydrogen-bond acceptors (Lipinski definition) is 4. The summed E-state index contributed by atoms with van der Waals surface area (Å²) in [4.78, 5) is 16.3. The standard InChI is InChI=1S/C22H18Cl2FNO3/c1-13-3-7-18(26-21(13)22(27)28-2)10-15-9-16(23)6-8-20(15)29-12-14-4-5-17(24)11-19(14)25/h3-9,11H,10,12H2,1-2H3. The summed E-state index contributed by atoms with van der Waals surface area (Å²) in [6.45, 7) is 1.82. The van der Waals surface area contributed by atoms with Crippen LogP contribution in [0.1, 0.15) is 32.9 Å². The third-order valence-electron chi connectivity index (χ3n) is 4.33. The Morgan fingerprint density at radius 2 is 1.76 bits per heavy atom. The van der Waals surface area contributed by atoms with Gasteiger partial charge in [0.05, 0.1) is 7.11 Å². The number of methoxy groups -OCH3 is 1. The summed E-state index contributed by atoms with van der Waals surface area (Å²) in [5, 5.41) is 0.857. The van der Waals surface area contributed by atoms with Gasteiger partial charge in [-0.25, -0.2) is 14.2 Å². The van der Waals surface area contributed by atoms with Gasteiger partial charge in [-0.15, -0.1) is 0 Å². The Morgan fingerprint density at radius 3 is 2.48 bits per heavy atom. The molecule has 0 atom stereocenters. The number of aryl methyl sites for hydroxylation is 1. The molecule has 3 aromatic rings. The van der Waals surface area contributed by atoms with E-state index in [4.69, 9.17) is 32.7 Å². The van der Waals surface area contributed by atoms with E-state index in [0.29, 0.717) is 33.5 Å². The van der Waals surface area contributed by atoms with E-state index in [0.717, 1.165) is 11.1 Å². The van der Waals surface area contributed by atoms with Crippen LogP contribution >= 0.6 is 23.2 Å². The van der Waals surface area contributed by atoms with E-state index >= 15 is 0 Å². The fourth-order valence-electron chi connectivity index (χ4n) is 2.79. The van der Waals surface area contributed by atoms with Crippen molar-refractivity contribution in [3.8, 4) is 5.75 Å². The number of esters is 1. The van der Waals surface area contributed by atoms with Crippen molar-refractivity contribution in [2.24, 2.45) is 0 Å². The molecule has 0 aliphatic carbocycles. The fraction of sp³-hybridized carbons (Fsp3) is 0.182. The average Bonchev–Trinajstić information content (AvgIpc) is 2.69. The number of carbonyl (C=O) groups is 1. The zero-order valence-electron chi connectivity index (χ0n) is 15.8. The minimum atomic E-state index is -0.495. The Hall–Kier alpha value is -2.63. The number of carbonyl (C=O) groups excluding carboxylic acids is 1. The van der Waals surface area contributed by atoms with E-state index in [1.165, 1.54) is 13.2 Å². The lowest BCUT2D eigenvalue weighted by Gasteiger charge is -2.13. The van der Waals surface area contributed by atoms with Crippen LogP contribution in [0, 0.1) is 12.7 Å². The van der Waals surface area contributed by atoms with Gasteiger partial charge in [0.25, 0.3) is 0 Å². The first-order valence-corrected chi connectivity index (χ1v) is 9.53. The minimum absolute atomic E-state index is 0.0341. The van der Waals surface area contributed by atoms with Gasteiger partial charge in [-0.1, -0.05) is 35.3 Å². The number of benzene rings is 2. The Balaban J connectivity index is 1.85. The molecule has 0 aliphatic heterocycles. The van der Waals surface area contributed by atoms with Gasteiger partial charge in [0.15, 0.2) is 5.69 Å². The van der Waals surface area contributed by atoms with Gasteiger partial charge in [-0.2, -0.15) is 0 Å². The SMILES string of the molecule is COC(=O)c1nc(Cc2cc(Cl)ccc2OCc2ccc(Cl)cc2F)ccc1C. The van der Waals surface area contributed by atoms with Crippen molar-refractivity contribution >= 4 is 29.2 Å². The largest absolute Gasteiger partial charge is 0.489 e. The predicted octanol–water partition coefficient (Wildman–Crippen LogP) is 5.79. The van der Waals surface area contributed by atoms with Crippen LogP contribution in [0.15, 0.2) is 48.5 Å². The van der Waals surface area contributed by atoms with Crippen molar-refractivity contribution in [1.82, 2.24) is 4.98 Å². The van der Waals surface area contributed by atoms with Crippen LogP contribution in [0.4, 0.5) is 4.39 Å². The van der Waals surface area contributed by atoms with Crippen molar-refractivity contribution in [3.63, 3.8) is 0 Å². The van der Waals surface area contributed by atoms with E-state index in [9.17, 15) is 9.18 Å². The molecule has 0 saturated heterocycles. The normalized spacial score (nSPS) is 10.7. The minimum Gasteiger partial charge on any atom is -0.489 e. The van der Waals surface area contributed by atoms with Crippen LogP contribution in [0.2, 0.25) is 10.0 Å². The molecule has 0 saturated carbocycles. The Bertz CT molecular complexity index is 1060. The lowest BCUT2D eigenvalue weighted by molar-refractivity contribution is 0.0593. The van der Waals surface area contributed by atoms with Crippen LogP contribution in [-0.4, -0.2) is 18.1 Å². The Morgan fingerprint density at radius 1 is 1.03 bits per heavy atom. The molecular weight excluding hydrogens is 416 g/mol. The maximum atomic E-state index is 14.0. The molecule has 0 radical (unpaired) electrons. The van der Waals surface area contributed by atoms with Crippen molar-refractivity contribution in [2.45, 2.75) is 20.0 Å². The van der Waals surface area contributed by atoms with Crippen molar-refractivity contribution in [2.75, 3.05) is 7.11 Å². The summed E-state index contributed by atoms with van der Waals surface area (Å²) in [5.41, 5.74) is 2.79. The number of aromatic nitrogens is 1. The molecule has 4 nitrogen and oxygen atoms in total. The molecule has 0 aliphatic rings. The fourth-order valence-corrected chi connectivity index (χ4v) is 3.14. The Labute approximate surface area is 178 Å². The molecule has 150 valence electrons. The summed E-state index contributed by atoms with van der Waals surface area (Å²) >= 11 is 11.9. The molecule has 0 amide bonds. The van der Waals surface area contributed by atoms with E-state index < -0.39 is 11.8 Å². The number of hydrogen-bond donors (Lipinski definition) is 0. The smallest absolute Gasteiger partial charge is 0.356 e. The van der Waals surface area contributed by atoms with Gasteiger partial charge in [-0.3, -0.25) is 0 Å². The average molecular weight is 434 g/mol. The lowest BCUT2D eigenvalue weighted by atomic mass is 10.1. The molecule has 7 heteroatoms. The predicted molar refractivity (Wildman–Crippen MR) is 110 cm³/mol. The van der Waals surface area contributed by atoms with Crippen molar-refractivity contribution in [1.29, 1.82) is 0 Å². The summed E-state index contributed by atoms with van der Waals surface area (Å²) in [7, 11) is 1.31. The van der Waals surface area contributed by atoms with Gasteiger partial charge in [0.2, 0.25) is 0 Å². The van der Waals surface area contributed by atoms with Crippen molar-refractivity contribution < 1.29 is 18.7 Å². The molecule has 29 heavy (non-hydrogen) atoms. The van der Waals surface area contributed by atoms with E-state index in [1.54, 1.807) is 37.3 Å². The van der Waals surface area contributed by atoms with Crippen LogP contribution < -0.4 is 4.74 Å². The molecule has 2 aromatic carbocycles. The van der Waals surface area contributed by atoms with Crippen LogP contribution in [0.25, 0.3) is 0 Å². The monoisotopic (exact) mass is 433 g/mol. The number of ether oxygens (including phenoxy) is 2. The summed E-state index contributed by atoms with van der Waals surface area (Å²) < 4.78 is 24.6. The summed E-state index contributed by atoms with van der Waals surface area (Å²) in [5.74, 6) is -0.383. The summed E-state index contributed by atoms with van der Waals surface area (Å²) in [6.07, 6.45) is 0.378. The first-order valence-electron chi connectivity index (χ1n) is 8.77. The molecule has 3 rings (SSSR count). The highest BCUT2D eigenvalue weighted by atomic mass is 35.5. The first-order chi connectivity index (χ1) is 13.9. The van der Waals surface area contributed by atoms with Crippen LogP contribution in [-0.2, 0) is 17.8 Å². The highest BCUT2D eigenvalue weighted by molar-refractivity contribution is 6.30. The molecule has 0 fully saturated rings. The second kappa shape index (κ2) is 9.25. The zero-order valence-corrected chi connectivity index (χ0v) is 17.4. The molecule has 0 unspecified atom stereocenters. The Kier molecular flexibility index (Phi) is 6.72. The molecule has 0 bridgehead atoms. The number of pyridine rings is 1. The van der Waals surface area contributed by atoms with E-state index in [2.05, 4.69) is 4.98 Å². The molecule has 1 aromatic heterocycles. The van der Waals surface area contributed by atoms with Gasteiger partial charge >= 0.3 is 5.97 Å². The van der Waals surface area contributed by atoms with Gasteiger partial charge < -0.3 is 9.47 Å². The van der Waals surface area contributed by atoms with Gasteiger partial charge in [-0.05, 0) is 48.9 Å². The van der Waals surface area contributed by atoms with Crippen molar-refractivity contribution in [3.05, 3.63) is 92.5 Å². The number of nitrogens with zero attached hydrogens (tertiary/aromatic N) is 1. The molecule has 0 N–H and O–H groups in total. The molecule has 1 heterocycles. The van der Waals surface area contributed by atoms with Gasteiger partial charge in [0, 0.05) is 33.3 Å². The van der Waals surface area contributed by atoms with Crippen LogP contribution in [0.3, 0.4) is 0 Å². The maximum absolute atomic E-state index is 14.0. The first kappa shape index (κ1) is 21.1. The maximum Gasteiger partial charge on any atom is 0.356 e. The van der Waals surface area contributed by atoms with Crippen LogP contribution in [0.5, 0.6) is 5.75 Å².